The minimum Gasteiger partial charge on any atom is -0.480 e. The summed E-state index contributed by atoms with van der Waals surface area (Å²) < 4.78 is 0. The topological polar surface area (TPSA) is 49.3 Å². The lowest BCUT2D eigenvalue weighted by Gasteiger charge is -2.26. The Morgan fingerprint density at radius 2 is 2.14 bits per heavy atom. The van der Waals surface area contributed by atoms with E-state index >= 15 is 0 Å². The van der Waals surface area contributed by atoms with Gasteiger partial charge in [-0.25, -0.2) is 0 Å². The molecule has 1 aliphatic carbocycles. The van der Waals surface area contributed by atoms with Crippen LogP contribution in [0.2, 0.25) is 0 Å². The van der Waals surface area contributed by atoms with Crippen LogP contribution in [0, 0.1) is 13.8 Å². The van der Waals surface area contributed by atoms with Crippen molar-refractivity contribution >= 4 is 17.7 Å². The van der Waals surface area contributed by atoms with E-state index < -0.39 is 11.5 Å². The number of carboxylic acid groups (broad SMARTS) is 1. The third-order valence-electron chi connectivity index (χ3n) is 3.98. The van der Waals surface area contributed by atoms with Crippen molar-refractivity contribution in [3.8, 4) is 0 Å². The third-order valence-corrected chi connectivity index (χ3v) is 5.24. The van der Waals surface area contributed by atoms with Gasteiger partial charge in [-0.3, -0.25) is 10.1 Å². The van der Waals surface area contributed by atoms with Gasteiger partial charge in [0.05, 0.1) is 0 Å². The number of hydrogen-bond donors (Lipinski definition) is 2. The first-order chi connectivity index (χ1) is 9.90. The quantitative estimate of drug-likeness (QED) is 0.567. The molecule has 2 N–H and O–H groups in total. The van der Waals surface area contributed by atoms with Gasteiger partial charge in [-0.2, -0.15) is 0 Å². The summed E-state index contributed by atoms with van der Waals surface area (Å²) >= 11 is 1.82. The first-order valence-electron chi connectivity index (χ1n) is 7.62. The van der Waals surface area contributed by atoms with Crippen molar-refractivity contribution < 1.29 is 9.90 Å². The van der Waals surface area contributed by atoms with Gasteiger partial charge in [0.1, 0.15) is 5.54 Å². The molecule has 0 amide bonds. The van der Waals surface area contributed by atoms with Gasteiger partial charge in [0.2, 0.25) is 0 Å². The van der Waals surface area contributed by atoms with Gasteiger partial charge < -0.3 is 5.11 Å². The number of carbonyl (C=O) groups is 1. The highest BCUT2D eigenvalue weighted by Crippen LogP contribution is 2.28. The lowest BCUT2D eigenvalue weighted by molar-refractivity contribution is -0.144. The Morgan fingerprint density at radius 1 is 1.43 bits per heavy atom. The van der Waals surface area contributed by atoms with Crippen LogP contribution in [0.1, 0.15) is 43.7 Å². The molecular formula is C17H25NO2S. The SMILES string of the molecule is Cc1ccc(SCCCC(C)(NC2CC2)C(=O)O)c(C)c1. The van der Waals surface area contributed by atoms with E-state index in [1.165, 1.54) is 16.0 Å². The van der Waals surface area contributed by atoms with Crippen LogP contribution in [0.15, 0.2) is 23.1 Å². The molecule has 4 heteroatoms. The van der Waals surface area contributed by atoms with E-state index in [0.717, 1.165) is 25.0 Å². The predicted octanol–water partition coefficient (Wildman–Crippen LogP) is 3.77. The summed E-state index contributed by atoms with van der Waals surface area (Å²) in [6.45, 7) is 6.05. The zero-order chi connectivity index (χ0) is 15.5. The van der Waals surface area contributed by atoms with Crippen LogP contribution in [0.25, 0.3) is 0 Å². The van der Waals surface area contributed by atoms with Crippen LogP contribution in [-0.2, 0) is 4.79 Å². The van der Waals surface area contributed by atoms with Crippen LogP contribution in [0.3, 0.4) is 0 Å². The molecule has 116 valence electrons. The average Bonchev–Trinajstić information content (AvgIpc) is 3.20. The lowest BCUT2D eigenvalue weighted by atomic mass is 9.96. The fraction of sp³-hybridized carbons (Fsp3) is 0.588. The molecule has 1 aromatic rings. The summed E-state index contributed by atoms with van der Waals surface area (Å²) in [5.41, 5.74) is 1.81. The zero-order valence-electron chi connectivity index (χ0n) is 13.1. The molecule has 0 spiro atoms. The van der Waals surface area contributed by atoms with E-state index in [0.29, 0.717) is 12.5 Å². The Hall–Kier alpha value is -1.00. The van der Waals surface area contributed by atoms with Gasteiger partial charge in [0.15, 0.2) is 0 Å². The van der Waals surface area contributed by atoms with Crippen molar-refractivity contribution in [2.24, 2.45) is 0 Å². The van der Waals surface area contributed by atoms with Crippen LogP contribution in [-0.4, -0.2) is 28.4 Å². The molecule has 21 heavy (non-hydrogen) atoms. The van der Waals surface area contributed by atoms with Crippen molar-refractivity contribution in [1.82, 2.24) is 5.32 Å². The minimum absolute atomic E-state index is 0.415. The Morgan fingerprint density at radius 3 is 2.71 bits per heavy atom. The zero-order valence-corrected chi connectivity index (χ0v) is 13.9. The van der Waals surface area contributed by atoms with Crippen LogP contribution < -0.4 is 5.32 Å². The Kier molecular flexibility index (Phi) is 5.33. The first kappa shape index (κ1) is 16.4. The maximum Gasteiger partial charge on any atom is 0.323 e. The van der Waals surface area contributed by atoms with Gasteiger partial charge in [-0.05, 0) is 63.8 Å². The standard InChI is InChI=1S/C17H25NO2S/c1-12-5-8-15(13(2)11-12)21-10-4-9-17(3,16(19)20)18-14-6-7-14/h5,8,11,14,18H,4,6-7,9-10H2,1-3H3,(H,19,20). The van der Waals surface area contributed by atoms with Gasteiger partial charge in [-0.15, -0.1) is 11.8 Å². The van der Waals surface area contributed by atoms with Gasteiger partial charge in [0, 0.05) is 10.9 Å². The smallest absolute Gasteiger partial charge is 0.323 e. The van der Waals surface area contributed by atoms with E-state index in [1.54, 1.807) is 0 Å². The number of carboxylic acids is 1. The second kappa shape index (κ2) is 6.84. The monoisotopic (exact) mass is 307 g/mol. The number of rotatable bonds is 8. The molecule has 1 fully saturated rings. The van der Waals surface area contributed by atoms with E-state index in [4.69, 9.17) is 0 Å². The molecule has 1 aromatic carbocycles. The summed E-state index contributed by atoms with van der Waals surface area (Å²) in [7, 11) is 0. The third kappa shape index (κ3) is 4.75. The average molecular weight is 307 g/mol. The normalized spacial score (nSPS) is 17.5. The fourth-order valence-electron chi connectivity index (χ4n) is 2.49. The molecule has 0 radical (unpaired) electrons. The number of nitrogens with one attached hydrogen (secondary N) is 1. The molecule has 0 heterocycles. The fourth-order valence-corrected chi connectivity index (χ4v) is 3.45. The number of aryl methyl sites for hydroxylation is 2. The van der Waals surface area contributed by atoms with E-state index in [1.807, 2.05) is 18.7 Å². The maximum absolute atomic E-state index is 11.5. The summed E-state index contributed by atoms with van der Waals surface area (Å²) in [4.78, 5) is 12.8. The van der Waals surface area contributed by atoms with Gasteiger partial charge >= 0.3 is 5.97 Å². The number of aliphatic carboxylic acids is 1. The summed E-state index contributed by atoms with van der Waals surface area (Å²) in [5.74, 6) is 0.227. The molecular weight excluding hydrogens is 282 g/mol. The molecule has 0 aromatic heterocycles. The number of benzene rings is 1. The van der Waals surface area contributed by atoms with Crippen molar-refractivity contribution in [2.45, 2.75) is 62.9 Å². The van der Waals surface area contributed by atoms with Crippen molar-refractivity contribution in [3.63, 3.8) is 0 Å². The first-order valence-corrected chi connectivity index (χ1v) is 8.60. The highest BCUT2D eigenvalue weighted by molar-refractivity contribution is 7.99. The highest BCUT2D eigenvalue weighted by atomic mass is 32.2. The number of thioether (sulfide) groups is 1. The second-order valence-corrected chi connectivity index (χ2v) is 7.41. The minimum atomic E-state index is -0.774. The molecule has 1 atom stereocenters. The predicted molar refractivity (Wildman–Crippen MR) is 88.1 cm³/mol. The van der Waals surface area contributed by atoms with Crippen LogP contribution in [0.5, 0.6) is 0 Å². The maximum atomic E-state index is 11.5. The van der Waals surface area contributed by atoms with Gasteiger partial charge in [0.25, 0.3) is 0 Å². The van der Waals surface area contributed by atoms with E-state index in [-0.39, 0.29) is 0 Å². The molecule has 2 rings (SSSR count). The highest BCUT2D eigenvalue weighted by Gasteiger charge is 2.37. The molecule has 1 saturated carbocycles. The van der Waals surface area contributed by atoms with Crippen LogP contribution in [0.4, 0.5) is 0 Å². The Bertz CT molecular complexity index is 514. The second-order valence-electron chi connectivity index (χ2n) is 6.28. The van der Waals surface area contributed by atoms with Gasteiger partial charge in [-0.1, -0.05) is 17.7 Å². The van der Waals surface area contributed by atoms with E-state index in [9.17, 15) is 9.90 Å². The molecule has 3 nitrogen and oxygen atoms in total. The van der Waals surface area contributed by atoms with Crippen molar-refractivity contribution in [3.05, 3.63) is 29.3 Å². The summed E-state index contributed by atoms with van der Waals surface area (Å²) in [6, 6.07) is 6.90. The lowest BCUT2D eigenvalue weighted by Crippen LogP contribution is -2.50. The Labute approximate surface area is 131 Å². The van der Waals surface area contributed by atoms with Crippen molar-refractivity contribution in [2.75, 3.05) is 5.75 Å². The van der Waals surface area contributed by atoms with Crippen molar-refractivity contribution in [1.29, 1.82) is 0 Å². The summed E-state index contributed by atoms with van der Waals surface area (Å²) in [5, 5.41) is 12.7. The molecule has 0 aliphatic heterocycles. The largest absolute Gasteiger partial charge is 0.480 e. The summed E-state index contributed by atoms with van der Waals surface area (Å²) in [6.07, 6.45) is 3.80. The molecule has 0 saturated heterocycles. The Balaban J connectivity index is 1.80. The molecule has 0 bridgehead atoms. The van der Waals surface area contributed by atoms with E-state index in [2.05, 4.69) is 37.4 Å². The molecule has 1 unspecified atom stereocenters. The molecule has 1 aliphatic rings. The number of hydrogen-bond acceptors (Lipinski definition) is 3. The van der Waals surface area contributed by atoms with Crippen LogP contribution >= 0.6 is 11.8 Å².